The summed E-state index contributed by atoms with van der Waals surface area (Å²) < 4.78 is 0. The minimum absolute atomic E-state index is 1.19. The largest absolute Gasteiger partial charge is 0.125 e. The van der Waals surface area contributed by atoms with E-state index in [1.54, 1.807) is 0 Å². The van der Waals surface area contributed by atoms with E-state index in [-0.39, 0.29) is 0 Å². The van der Waals surface area contributed by atoms with Crippen LogP contribution < -0.4 is 0 Å². The number of unbranched alkanes of at least 4 members (excludes halogenated alkanes) is 10. The zero-order valence-corrected chi connectivity index (χ0v) is 26.3. The van der Waals surface area contributed by atoms with Crippen molar-refractivity contribution < 1.29 is 0 Å². The van der Waals surface area contributed by atoms with Gasteiger partial charge in [0.05, 0.1) is 0 Å². The number of benzene rings is 5. The predicted molar refractivity (Wildman–Crippen MR) is 185 cm³/mol. The predicted octanol–water partition coefficient (Wildman–Crippen LogP) is 13.2. The van der Waals surface area contributed by atoms with Gasteiger partial charge in [-0.15, -0.1) is 23.5 Å². The van der Waals surface area contributed by atoms with Gasteiger partial charge in [0.1, 0.15) is 0 Å². The van der Waals surface area contributed by atoms with E-state index in [1.165, 1.54) is 141 Å². The van der Waals surface area contributed by atoms with Crippen LogP contribution >= 0.6 is 23.5 Å². The third kappa shape index (κ3) is 7.18. The molecular weight excluding hydrogens is 521 g/mol. The quantitative estimate of drug-likeness (QED) is 0.0662. The average molecular weight is 567 g/mol. The maximum absolute atomic E-state index is 2.48. The van der Waals surface area contributed by atoms with Crippen LogP contribution in [0.1, 0.15) is 90.9 Å². The molecule has 0 atom stereocenters. The van der Waals surface area contributed by atoms with E-state index in [9.17, 15) is 0 Å². The molecule has 0 heterocycles. The van der Waals surface area contributed by atoms with Crippen LogP contribution in [0.5, 0.6) is 0 Å². The molecule has 0 N–H and O–H groups in total. The fraction of sp³-hybridized carbons (Fsp3) is 0.421. The maximum atomic E-state index is 2.48. The summed E-state index contributed by atoms with van der Waals surface area (Å²) in [7, 11) is 0. The van der Waals surface area contributed by atoms with Crippen molar-refractivity contribution in [3.63, 3.8) is 0 Å². The third-order valence-electron chi connectivity index (χ3n) is 8.24. The summed E-state index contributed by atoms with van der Waals surface area (Å²) >= 11 is 4.20. The Morgan fingerprint density at radius 3 is 1.02 bits per heavy atom. The van der Waals surface area contributed by atoms with Crippen LogP contribution in [0.3, 0.4) is 0 Å². The Labute approximate surface area is 250 Å². The highest BCUT2D eigenvalue weighted by atomic mass is 32.2. The van der Waals surface area contributed by atoms with Gasteiger partial charge < -0.3 is 0 Å². The summed E-state index contributed by atoms with van der Waals surface area (Å²) in [5, 5.41) is 11.2. The number of hydrogen-bond donors (Lipinski definition) is 0. The summed E-state index contributed by atoms with van der Waals surface area (Å²) in [6, 6.07) is 27.8. The first-order valence-electron chi connectivity index (χ1n) is 15.9. The molecule has 0 saturated carbocycles. The molecule has 2 heteroatoms. The molecule has 0 aliphatic rings. The van der Waals surface area contributed by atoms with Crippen molar-refractivity contribution >= 4 is 66.6 Å². The molecule has 0 aliphatic heterocycles. The van der Waals surface area contributed by atoms with Crippen LogP contribution in [0, 0.1) is 0 Å². The normalized spacial score (nSPS) is 11.8. The molecule has 0 nitrogen and oxygen atoms in total. The Balaban J connectivity index is 1.55. The zero-order chi connectivity index (χ0) is 27.6. The minimum Gasteiger partial charge on any atom is -0.125 e. The van der Waals surface area contributed by atoms with Gasteiger partial charge in [-0.25, -0.2) is 0 Å². The lowest BCUT2D eigenvalue weighted by atomic mass is 9.97. The van der Waals surface area contributed by atoms with Gasteiger partial charge in [-0.3, -0.25) is 0 Å². The van der Waals surface area contributed by atoms with Gasteiger partial charge in [0.2, 0.25) is 0 Å². The molecule has 0 unspecified atom stereocenters. The van der Waals surface area contributed by atoms with Crippen molar-refractivity contribution in [1.29, 1.82) is 0 Å². The maximum Gasteiger partial charge on any atom is 0.0230 e. The fourth-order valence-electron chi connectivity index (χ4n) is 5.95. The fourth-order valence-corrected chi connectivity index (χ4v) is 8.35. The first-order valence-corrected chi connectivity index (χ1v) is 17.8. The molecule has 5 rings (SSSR count). The minimum atomic E-state index is 1.19. The highest BCUT2D eigenvalue weighted by molar-refractivity contribution is 8.00. The zero-order valence-electron chi connectivity index (χ0n) is 24.6. The van der Waals surface area contributed by atoms with E-state index in [0.717, 1.165) is 0 Å². The highest BCUT2D eigenvalue weighted by Gasteiger charge is 2.17. The molecule has 0 saturated heterocycles. The van der Waals surface area contributed by atoms with Gasteiger partial charge in [-0.05, 0) is 91.7 Å². The molecule has 40 heavy (non-hydrogen) atoms. The number of thioether (sulfide) groups is 2. The van der Waals surface area contributed by atoms with E-state index >= 15 is 0 Å². The molecule has 0 radical (unpaired) electrons. The van der Waals surface area contributed by atoms with Gasteiger partial charge in [-0.1, -0.05) is 127 Å². The number of hydrogen-bond acceptors (Lipinski definition) is 2. The number of fused-ring (bicyclic) bond motifs is 4. The van der Waals surface area contributed by atoms with Gasteiger partial charge in [0.15, 0.2) is 0 Å². The standard InChI is InChI=1S/C38H46S2/c1-3-5-7-9-11-17-23-39-37-33-25-29-19-13-15-21-31(29)27-35(33)38(40-24-18-12-10-8-6-4-2)36-28-32-22-16-14-20-30(32)26-34(36)37/h13-16,19-22,25-28H,3-12,17-18,23-24H2,1-2H3. The molecule has 0 aliphatic carbocycles. The van der Waals surface area contributed by atoms with Crippen LogP contribution in [0.15, 0.2) is 82.6 Å². The second kappa shape index (κ2) is 15.2. The Morgan fingerprint density at radius 1 is 0.400 bits per heavy atom. The molecule has 210 valence electrons. The molecule has 5 aromatic carbocycles. The van der Waals surface area contributed by atoms with Crippen molar-refractivity contribution in [2.24, 2.45) is 0 Å². The number of rotatable bonds is 16. The van der Waals surface area contributed by atoms with Gasteiger partial charge in [0, 0.05) is 9.79 Å². The van der Waals surface area contributed by atoms with Crippen LogP contribution in [-0.4, -0.2) is 11.5 Å². The SMILES string of the molecule is CCCCCCCCSc1c2cc3ccccc3cc2c(SCCCCCCCC)c2cc3ccccc3cc12. The summed E-state index contributed by atoms with van der Waals surface area (Å²) in [6.07, 6.45) is 16.2. The summed E-state index contributed by atoms with van der Waals surface area (Å²) in [6.45, 7) is 4.60. The smallest absolute Gasteiger partial charge is 0.0230 e. The van der Waals surface area contributed by atoms with Gasteiger partial charge in [0.25, 0.3) is 0 Å². The Morgan fingerprint density at radius 2 is 0.700 bits per heavy atom. The lowest BCUT2D eigenvalue weighted by molar-refractivity contribution is 0.627. The molecule has 0 amide bonds. The average Bonchev–Trinajstić information content (AvgIpc) is 2.99. The van der Waals surface area contributed by atoms with Crippen LogP contribution in [0.4, 0.5) is 0 Å². The molecular formula is C38H46S2. The van der Waals surface area contributed by atoms with Crippen molar-refractivity contribution in [3.8, 4) is 0 Å². The first kappa shape index (κ1) is 29.3. The van der Waals surface area contributed by atoms with Gasteiger partial charge >= 0.3 is 0 Å². The Hall–Kier alpha value is -2.16. The topological polar surface area (TPSA) is 0 Å². The van der Waals surface area contributed by atoms with Gasteiger partial charge in [-0.2, -0.15) is 0 Å². The summed E-state index contributed by atoms with van der Waals surface area (Å²) in [5.41, 5.74) is 0. The van der Waals surface area contributed by atoms with Crippen molar-refractivity contribution in [3.05, 3.63) is 72.8 Å². The lowest BCUT2D eigenvalue weighted by Gasteiger charge is -2.18. The van der Waals surface area contributed by atoms with Crippen LogP contribution in [-0.2, 0) is 0 Å². The second-order valence-electron chi connectivity index (χ2n) is 11.4. The monoisotopic (exact) mass is 566 g/mol. The van der Waals surface area contributed by atoms with E-state index in [1.807, 2.05) is 0 Å². The molecule has 0 bridgehead atoms. The Kier molecular flexibility index (Phi) is 11.1. The van der Waals surface area contributed by atoms with E-state index < -0.39 is 0 Å². The van der Waals surface area contributed by atoms with E-state index in [0.29, 0.717) is 0 Å². The Bertz CT molecular complexity index is 1320. The first-order chi connectivity index (χ1) is 19.8. The van der Waals surface area contributed by atoms with Crippen molar-refractivity contribution in [1.82, 2.24) is 0 Å². The molecule has 5 aromatic rings. The molecule has 0 spiro atoms. The van der Waals surface area contributed by atoms with Crippen molar-refractivity contribution in [2.75, 3.05) is 11.5 Å². The van der Waals surface area contributed by atoms with E-state index in [2.05, 4.69) is 110 Å². The van der Waals surface area contributed by atoms with Crippen LogP contribution in [0.25, 0.3) is 43.1 Å². The highest BCUT2D eigenvalue weighted by Crippen LogP contribution is 2.45. The molecule has 0 aromatic heterocycles. The summed E-state index contributed by atoms with van der Waals surface area (Å²) in [5.74, 6) is 2.39. The lowest BCUT2D eigenvalue weighted by Crippen LogP contribution is -1.92. The molecule has 0 fully saturated rings. The van der Waals surface area contributed by atoms with Crippen molar-refractivity contribution in [2.45, 2.75) is 101 Å². The summed E-state index contributed by atoms with van der Waals surface area (Å²) in [4.78, 5) is 2.97. The van der Waals surface area contributed by atoms with E-state index in [4.69, 9.17) is 0 Å². The third-order valence-corrected chi connectivity index (χ3v) is 10.7. The van der Waals surface area contributed by atoms with Crippen LogP contribution in [0.2, 0.25) is 0 Å². The second-order valence-corrected chi connectivity index (χ2v) is 13.6.